The Labute approximate surface area is 136 Å². The molecule has 0 aliphatic heterocycles. The van der Waals surface area contributed by atoms with E-state index in [0.717, 1.165) is 32.5 Å². The van der Waals surface area contributed by atoms with Crippen molar-refractivity contribution in [2.24, 2.45) is 0 Å². The van der Waals surface area contributed by atoms with Crippen LogP contribution in [0.15, 0.2) is 12.3 Å². The van der Waals surface area contributed by atoms with Gasteiger partial charge in [-0.15, -0.1) is 0 Å². The lowest BCUT2D eigenvalue weighted by atomic mass is 10.1. The minimum absolute atomic E-state index is 0.113. The lowest BCUT2D eigenvalue weighted by Gasteiger charge is -2.19. The van der Waals surface area contributed by atoms with Gasteiger partial charge >= 0.3 is 0 Å². The lowest BCUT2D eigenvalue weighted by molar-refractivity contribution is 0.0937. The van der Waals surface area contributed by atoms with E-state index in [0.29, 0.717) is 10.6 Å². The minimum Gasteiger partial charge on any atom is -0.350 e. The second-order valence-electron chi connectivity index (χ2n) is 5.04. The van der Waals surface area contributed by atoms with Gasteiger partial charge in [0.05, 0.1) is 10.6 Å². The van der Waals surface area contributed by atoms with Crippen LogP contribution in [-0.2, 0) is 0 Å². The van der Waals surface area contributed by atoms with Crippen molar-refractivity contribution in [1.82, 2.24) is 15.2 Å². The van der Waals surface area contributed by atoms with E-state index >= 15 is 0 Å². The quantitative estimate of drug-likeness (QED) is 0.740. The smallest absolute Gasteiger partial charge is 0.253 e. The maximum Gasteiger partial charge on any atom is 0.253 e. The molecule has 0 fully saturated rings. The van der Waals surface area contributed by atoms with Crippen molar-refractivity contribution in [2.45, 2.75) is 39.7 Å². The van der Waals surface area contributed by atoms with Crippen LogP contribution in [0.3, 0.4) is 0 Å². The number of pyridine rings is 1. The van der Waals surface area contributed by atoms with Gasteiger partial charge in [0.25, 0.3) is 5.91 Å². The van der Waals surface area contributed by atoms with Crippen molar-refractivity contribution in [1.29, 1.82) is 0 Å². The fourth-order valence-corrected chi connectivity index (χ4v) is 2.36. The summed E-state index contributed by atoms with van der Waals surface area (Å²) >= 11 is 11.6. The second-order valence-corrected chi connectivity index (χ2v) is 5.81. The minimum atomic E-state index is -0.170. The van der Waals surface area contributed by atoms with E-state index in [9.17, 15) is 4.79 Å². The molecule has 1 aromatic rings. The highest BCUT2D eigenvalue weighted by atomic mass is 35.5. The first-order valence-corrected chi connectivity index (χ1v) is 8.07. The van der Waals surface area contributed by atoms with Crippen molar-refractivity contribution in [3.8, 4) is 0 Å². The number of nitrogens with zero attached hydrogens (tertiary/aromatic N) is 2. The molecule has 0 saturated heterocycles. The third-order valence-electron chi connectivity index (χ3n) is 3.44. The van der Waals surface area contributed by atoms with Gasteiger partial charge < -0.3 is 10.2 Å². The van der Waals surface area contributed by atoms with Crippen LogP contribution < -0.4 is 5.32 Å². The van der Waals surface area contributed by atoms with Gasteiger partial charge in [-0.3, -0.25) is 4.79 Å². The molecule has 1 N–H and O–H groups in total. The first-order valence-electron chi connectivity index (χ1n) is 7.32. The number of amides is 1. The zero-order valence-electron chi connectivity index (χ0n) is 12.8. The van der Waals surface area contributed by atoms with Gasteiger partial charge in [-0.05, 0) is 45.5 Å². The molecule has 1 heterocycles. The average Bonchev–Trinajstić information content (AvgIpc) is 2.46. The first-order chi connectivity index (χ1) is 9.97. The molecule has 0 radical (unpaired) electrons. The normalized spacial score (nSPS) is 12.5. The Kier molecular flexibility index (Phi) is 8.01. The summed E-state index contributed by atoms with van der Waals surface area (Å²) in [6.07, 6.45) is 3.44. The maximum absolute atomic E-state index is 12.1. The van der Waals surface area contributed by atoms with Crippen LogP contribution in [-0.4, -0.2) is 41.5 Å². The second kappa shape index (κ2) is 9.23. The van der Waals surface area contributed by atoms with Gasteiger partial charge in [0.15, 0.2) is 0 Å². The predicted molar refractivity (Wildman–Crippen MR) is 88.2 cm³/mol. The van der Waals surface area contributed by atoms with E-state index in [1.54, 1.807) is 0 Å². The van der Waals surface area contributed by atoms with Gasteiger partial charge in [-0.25, -0.2) is 4.98 Å². The molecule has 1 aromatic heterocycles. The molecule has 4 nitrogen and oxygen atoms in total. The largest absolute Gasteiger partial charge is 0.350 e. The summed E-state index contributed by atoms with van der Waals surface area (Å²) < 4.78 is 0. The summed E-state index contributed by atoms with van der Waals surface area (Å²) in [5, 5.41) is 3.45. The van der Waals surface area contributed by atoms with Crippen LogP contribution in [0.5, 0.6) is 0 Å². The lowest BCUT2D eigenvalue weighted by Crippen LogP contribution is -2.33. The predicted octanol–water partition coefficient (Wildman–Crippen LogP) is 3.63. The number of hydrogen-bond acceptors (Lipinski definition) is 3. The van der Waals surface area contributed by atoms with Crippen LogP contribution in [0.25, 0.3) is 0 Å². The molecule has 0 spiro atoms. The fourth-order valence-electron chi connectivity index (χ4n) is 2.09. The number of aromatic nitrogens is 1. The summed E-state index contributed by atoms with van der Waals surface area (Å²) in [6, 6.07) is 1.65. The molecule has 1 unspecified atom stereocenters. The summed E-state index contributed by atoms with van der Waals surface area (Å²) in [4.78, 5) is 18.3. The standard InChI is InChI=1S/C15H23Cl2N3O/c1-4-20(5-2)8-6-7-11(3)19-15(21)12-9-13(16)14(17)18-10-12/h9-11H,4-8H2,1-3H3,(H,19,21). The Morgan fingerprint density at radius 1 is 1.38 bits per heavy atom. The zero-order valence-corrected chi connectivity index (χ0v) is 14.3. The van der Waals surface area contributed by atoms with E-state index in [1.807, 2.05) is 6.92 Å². The maximum atomic E-state index is 12.1. The molecule has 0 saturated carbocycles. The number of carbonyl (C=O) groups is 1. The molecule has 1 rings (SSSR count). The van der Waals surface area contributed by atoms with Crippen LogP contribution >= 0.6 is 23.2 Å². The molecule has 0 bridgehead atoms. The van der Waals surface area contributed by atoms with E-state index in [-0.39, 0.29) is 17.1 Å². The Balaban J connectivity index is 2.41. The number of hydrogen-bond donors (Lipinski definition) is 1. The molecule has 1 amide bonds. The molecular weight excluding hydrogens is 309 g/mol. The number of nitrogens with one attached hydrogen (secondary N) is 1. The summed E-state index contributed by atoms with van der Waals surface area (Å²) in [6.45, 7) is 9.50. The highest BCUT2D eigenvalue weighted by Crippen LogP contribution is 2.19. The Morgan fingerprint density at radius 3 is 2.62 bits per heavy atom. The highest BCUT2D eigenvalue weighted by Gasteiger charge is 2.12. The van der Waals surface area contributed by atoms with Gasteiger partial charge in [0.2, 0.25) is 0 Å². The SMILES string of the molecule is CCN(CC)CCCC(C)NC(=O)c1cnc(Cl)c(Cl)c1. The van der Waals surface area contributed by atoms with Gasteiger partial charge in [0, 0.05) is 12.2 Å². The van der Waals surface area contributed by atoms with Gasteiger partial charge in [0.1, 0.15) is 5.15 Å². The van der Waals surface area contributed by atoms with Crippen LogP contribution in [0.4, 0.5) is 0 Å². The molecule has 0 aromatic carbocycles. The monoisotopic (exact) mass is 331 g/mol. The van der Waals surface area contributed by atoms with Crippen LogP contribution in [0, 0.1) is 0 Å². The van der Waals surface area contributed by atoms with E-state index in [4.69, 9.17) is 23.2 Å². The van der Waals surface area contributed by atoms with Gasteiger partial charge in [-0.1, -0.05) is 37.0 Å². The van der Waals surface area contributed by atoms with Crippen molar-refractivity contribution < 1.29 is 4.79 Å². The van der Waals surface area contributed by atoms with Crippen LogP contribution in [0.1, 0.15) is 44.0 Å². The molecule has 0 aliphatic carbocycles. The van der Waals surface area contributed by atoms with Crippen LogP contribution in [0.2, 0.25) is 10.2 Å². The van der Waals surface area contributed by atoms with Gasteiger partial charge in [-0.2, -0.15) is 0 Å². The third-order valence-corrected chi connectivity index (χ3v) is 4.13. The Bertz CT molecular complexity index is 464. The van der Waals surface area contributed by atoms with Crippen molar-refractivity contribution in [2.75, 3.05) is 19.6 Å². The Hall–Kier alpha value is -0.840. The highest BCUT2D eigenvalue weighted by molar-refractivity contribution is 6.41. The van der Waals surface area contributed by atoms with E-state index in [1.165, 1.54) is 12.3 Å². The molecule has 118 valence electrons. The summed E-state index contributed by atoms with van der Waals surface area (Å²) in [7, 11) is 0. The topological polar surface area (TPSA) is 45.2 Å². The molecule has 21 heavy (non-hydrogen) atoms. The van der Waals surface area contributed by atoms with E-state index in [2.05, 4.69) is 29.0 Å². The zero-order chi connectivity index (χ0) is 15.8. The average molecular weight is 332 g/mol. The van der Waals surface area contributed by atoms with Crippen molar-refractivity contribution in [3.63, 3.8) is 0 Å². The number of halogens is 2. The fraction of sp³-hybridized carbons (Fsp3) is 0.600. The first kappa shape index (κ1) is 18.2. The Morgan fingerprint density at radius 2 is 2.05 bits per heavy atom. The number of carbonyl (C=O) groups excluding carboxylic acids is 1. The van der Waals surface area contributed by atoms with Crippen molar-refractivity contribution in [3.05, 3.63) is 28.0 Å². The van der Waals surface area contributed by atoms with E-state index < -0.39 is 0 Å². The molecule has 1 atom stereocenters. The third kappa shape index (κ3) is 6.20. The van der Waals surface area contributed by atoms with Crippen molar-refractivity contribution >= 4 is 29.1 Å². The summed E-state index contributed by atoms with van der Waals surface area (Å²) in [5.41, 5.74) is 0.431. The molecule has 0 aliphatic rings. The molecule has 6 heteroatoms. The molecular formula is C15H23Cl2N3O. The number of rotatable bonds is 8. The summed E-state index contributed by atoms with van der Waals surface area (Å²) in [5.74, 6) is -0.170.